The molecule has 1 saturated heterocycles. The minimum atomic E-state index is -5.73. The van der Waals surface area contributed by atoms with E-state index in [2.05, 4.69) is 23.4 Å². The zero-order valence-corrected chi connectivity index (χ0v) is 23.5. The predicted molar refractivity (Wildman–Crippen MR) is 135 cm³/mol. The van der Waals surface area contributed by atoms with Crippen molar-refractivity contribution in [2.75, 3.05) is 19.7 Å². The monoisotopic (exact) mass is 636 g/mol. The summed E-state index contributed by atoms with van der Waals surface area (Å²) in [4.78, 5) is 74.2. The van der Waals surface area contributed by atoms with Crippen LogP contribution < -0.4 is 22.3 Å². The van der Waals surface area contributed by atoms with Gasteiger partial charge in [0.15, 0.2) is 0 Å². The SMILES string of the molecule is NCCCCCC(=O)NC/C=C/c1cn([C@H]2C[C@@H](O)[C@@H](COP(=O)(O)OP(=O)(O)OP(=O)(O)O)O2)c(=O)[nH]c1=O. The molecule has 228 valence electrons. The van der Waals surface area contributed by atoms with Crippen LogP contribution in [0, 0.1) is 0 Å². The lowest BCUT2D eigenvalue weighted by Crippen LogP contribution is -2.33. The van der Waals surface area contributed by atoms with Crippen molar-refractivity contribution in [1.82, 2.24) is 14.9 Å². The van der Waals surface area contributed by atoms with Gasteiger partial charge in [0.2, 0.25) is 5.91 Å². The number of hydrogen-bond donors (Lipinski definition) is 8. The second-order valence-electron chi connectivity index (χ2n) is 8.38. The van der Waals surface area contributed by atoms with Crippen LogP contribution in [0.4, 0.5) is 0 Å². The number of phosphoric ester groups is 1. The number of aliphatic hydroxyl groups excluding tert-OH is 1. The first-order valence-electron chi connectivity index (χ1n) is 11.6. The molecule has 1 aromatic rings. The molecule has 1 aromatic heterocycles. The third-order valence-corrected chi connectivity index (χ3v) is 8.95. The average Bonchev–Trinajstić information content (AvgIpc) is 3.17. The quantitative estimate of drug-likeness (QED) is 0.0811. The fourth-order valence-corrected chi connectivity index (χ4v) is 6.42. The van der Waals surface area contributed by atoms with Crippen molar-refractivity contribution in [1.29, 1.82) is 0 Å². The molecule has 19 nitrogen and oxygen atoms in total. The van der Waals surface area contributed by atoms with E-state index in [0.29, 0.717) is 19.4 Å². The van der Waals surface area contributed by atoms with Gasteiger partial charge in [-0.15, -0.1) is 0 Å². The van der Waals surface area contributed by atoms with Crippen LogP contribution in [-0.2, 0) is 36.4 Å². The minimum Gasteiger partial charge on any atom is -0.390 e. The van der Waals surface area contributed by atoms with Crippen LogP contribution in [0.15, 0.2) is 21.9 Å². The molecule has 0 spiro atoms. The summed E-state index contributed by atoms with van der Waals surface area (Å²) in [5.74, 6) is -0.184. The fourth-order valence-electron chi connectivity index (χ4n) is 3.39. The van der Waals surface area contributed by atoms with Crippen molar-refractivity contribution in [3.05, 3.63) is 38.7 Å². The molecule has 2 heterocycles. The summed E-state index contributed by atoms with van der Waals surface area (Å²) < 4.78 is 52.0. The number of aromatic nitrogens is 2. The molecule has 0 radical (unpaired) electrons. The summed E-state index contributed by atoms with van der Waals surface area (Å²) in [6.45, 7) is -0.275. The first-order chi connectivity index (χ1) is 18.5. The zero-order chi connectivity index (χ0) is 30.1. The van der Waals surface area contributed by atoms with E-state index in [0.717, 1.165) is 23.6 Å². The number of unbranched alkanes of at least 4 members (excludes halogenated alkanes) is 2. The van der Waals surface area contributed by atoms with Crippen molar-refractivity contribution in [3.8, 4) is 0 Å². The normalized spacial score (nSPS) is 22.7. The number of nitrogens with zero attached hydrogens (tertiary/aromatic N) is 1. The predicted octanol–water partition coefficient (Wildman–Crippen LogP) is -0.823. The summed E-state index contributed by atoms with van der Waals surface area (Å²) in [5.41, 5.74) is 3.76. The van der Waals surface area contributed by atoms with E-state index in [-0.39, 0.29) is 24.4 Å². The lowest BCUT2D eigenvalue weighted by atomic mass is 10.2. The van der Waals surface area contributed by atoms with Gasteiger partial charge in [0.05, 0.1) is 18.3 Å². The summed E-state index contributed by atoms with van der Waals surface area (Å²) in [5, 5.41) is 12.9. The summed E-state index contributed by atoms with van der Waals surface area (Å²) >= 11 is 0. The van der Waals surface area contributed by atoms with Gasteiger partial charge in [0, 0.05) is 25.6 Å². The van der Waals surface area contributed by atoms with Gasteiger partial charge >= 0.3 is 29.2 Å². The molecular weight excluding hydrogens is 605 g/mol. The number of ether oxygens (including phenoxy) is 1. The van der Waals surface area contributed by atoms with Gasteiger partial charge in [-0.2, -0.15) is 8.62 Å². The van der Waals surface area contributed by atoms with Crippen LogP contribution in [0.3, 0.4) is 0 Å². The Hall–Kier alpha value is -1.82. The van der Waals surface area contributed by atoms with Gasteiger partial charge < -0.3 is 40.5 Å². The first-order valence-corrected chi connectivity index (χ1v) is 16.1. The van der Waals surface area contributed by atoms with E-state index in [4.69, 9.17) is 20.3 Å². The Labute approximate surface area is 226 Å². The van der Waals surface area contributed by atoms with E-state index >= 15 is 0 Å². The van der Waals surface area contributed by atoms with Crippen molar-refractivity contribution >= 4 is 35.5 Å². The molecule has 0 bridgehead atoms. The van der Waals surface area contributed by atoms with Gasteiger partial charge in [0.1, 0.15) is 12.3 Å². The molecule has 0 aliphatic carbocycles. The van der Waals surface area contributed by atoms with Crippen LogP contribution in [0.5, 0.6) is 0 Å². The number of amides is 1. The number of H-pyrrole nitrogens is 1. The highest BCUT2D eigenvalue weighted by Crippen LogP contribution is 2.66. The Kier molecular flexibility index (Phi) is 12.8. The van der Waals surface area contributed by atoms with Crippen molar-refractivity contribution in [2.24, 2.45) is 5.73 Å². The molecule has 0 aromatic carbocycles. The number of hydrogen-bond acceptors (Lipinski definition) is 12. The number of aliphatic hydroxyl groups is 1. The van der Waals surface area contributed by atoms with Gasteiger partial charge in [-0.25, -0.2) is 18.5 Å². The minimum absolute atomic E-state index is 0.00611. The molecule has 5 atom stereocenters. The largest absolute Gasteiger partial charge is 0.490 e. The Bertz CT molecular complexity index is 1310. The average molecular weight is 636 g/mol. The molecule has 22 heteroatoms. The lowest BCUT2D eigenvalue weighted by Gasteiger charge is -2.19. The Balaban J connectivity index is 1.99. The molecule has 2 rings (SSSR count). The maximum Gasteiger partial charge on any atom is 0.490 e. The Morgan fingerprint density at radius 3 is 2.50 bits per heavy atom. The molecule has 0 saturated carbocycles. The van der Waals surface area contributed by atoms with Crippen LogP contribution in [-0.4, -0.2) is 72.0 Å². The van der Waals surface area contributed by atoms with E-state index < -0.39 is 59.8 Å². The standard InChI is InChI=1S/C18H31N4O15P3/c19-7-3-1-2-6-15(24)20-8-4-5-12-10-22(18(26)21-17(12)25)16-9-13(23)14(35-16)11-34-39(30,31)37-40(32,33)36-38(27,28)29/h4-5,10,13-14,16,23H,1-3,6-9,11,19H2,(H,20,24)(H,30,31)(H,32,33)(H,21,25,26)(H2,27,28,29)/b5-4+/t13-,14-,16-/m1/s1. The Morgan fingerprint density at radius 2 is 1.85 bits per heavy atom. The Morgan fingerprint density at radius 1 is 1.15 bits per heavy atom. The number of carbonyl (C=O) groups excluding carboxylic acids is 1. The highest BCUT2D eigenvalue weighted by atomic mass is 31.3. The van der Waals surface area contributed by atoms with E-state index in [1.807, 2.05) is 0 Å². The third kappa shape index (κ3) is 12.0. The number of carbonyl (C=O) groups is 1. The molecule has 40 heavy (non-hydrogen) atoms. The van der Waals surface area contributed by atoms with Crippen LogP contribution in [0.1, 0.15) is 43.9 Å². The van der Waals surface area contributed by atoms with E-state index in [1.165, 1.54) is 12.2 Å². The van der Waals surface area contributed by atoms with E-state index in [9.17, 15) is 43.0 Å². The van der Waals surface area contributed by atoms with Gasteiger partial charge in [0.25, 0.3) is 5.56 Å². The highest BCUT2D eigenvalue weighted by molar-refractivity contribution is 7.66. The zero-order valence-electron chi connectivity index (χ0n) is 20.8. The van der Waals surface area contributed by atoms with E-state index in [1.54, 1.807) is 0 Å². The van der Waals surface area contributed by atoms with Crippen LogP contribution in [0.2, 0.25) is 0 Å². The maximum absolute atomic E-state index is 12.3. The molecule has 1 amide bonds. The van der Waals surface area contributed by atoms with Gasteiger partial charge in [-0.3, -0.25) is 23.7 Å². The molecule has 1 aliphatic rings. The molecular formula is C18H31N4O15P3. The van der Waals surface area contributed by atoms with Crippen LogP contribution >= 0.6 is 23.5 Å². The second-order valence-corrected chi connectivity index (χ2v) is 12.8. The number of aromatic amines is 1. The van der Waals surface area contributed by atoms with Gasteiger partial charge in [-0.1, -0.05) is 18.6 Å². The summed E-state index contributed by atoms with van der Waals surface area (Å²) in [7, 11) is -16.8. The lowest BCUT2D eigenvalue weighted by molar-refractivity contribution is -0.121. The fraction of sp³-hybridized carbons (Fsp3) is 0.611. The van der Waals surface area contributed by atoms with Crippen molar-refractivity contribution in [3.63, 3.8) is 0 Å². The molecule has 1 fully saturated rings. The highest BCUT2D eigenvalue weighted by Gasteiger charge is 2.43. The number of nitrogens with two attached hydrogens (primary N) is 1. The first kappa shape index (κ1) is 34.4. The maximum atomic E-state index is 12.3. The molecule has 2 unspecified atom stereocenters. The van der Waals surface area contributed by atoms with Crippen molar-refractivity contribution in [2.45, 2.75) is 50.5 Å². The number of phosphoric acid groups is 3. The smallest absolute Gasteiger partial charge is 0.390 e. The number of rotatable bonds is 16. The van der Waals surface area contributed by atoms with Gasteiger partial charge in [-0.05, 0) is 19.4 Å². The molecule has 1 aliphatic heterocycles. The number of nitrogens with one attached hydrogen (secondary N) is 2. The topological polar surface area (TPSA) is 299 Å². The summed E-state index contributed by atoms with van der Waals surface area (Å²) in [6, 6.07) is 0. The second kappa shape index (κ2) is 14.9. The molecule has 9 N–H and O–H groups in total. The van der Waals surface area contributed by atoms with Crippen molar-refractivity contribution < 1.29 is 61.1 Å². The third-order valence-electron chi connectivity index (χ3n) is 5.15. The summed E-state index contributed by atoms with van der Waals surface area (Å²) in [6.07, 6.45) is 2.41. The van der Waals surface area contributed by atoms with Crippen LogP contribution in [0.25, 0.3) is 6.08 Å².